The quantitative estimate of drug-likeness (QED) is 0.152. The number of para-hydroxylation sites is 1. The van der Waals surface area contributed by atoms with Crippen molar-refractivity contribution in [3.8, 4) is 0 Å². The Hall–Kier alpha value is -7.40. The Morgan fingerprint density at radius 3 is 0.474 bits per heavy atom. The molecule has 10 aromatic rings. The van der Waals surface area contributed by atoms with Crippen LogP contribution in [0.15, 0.2) is 198 Å². The van der Waals surface area contributed by atoms with Crippen LogP contribution in [0, 0.1) is 125 Å². The molecule has 1 aliphatic rings. The van der Waals surface area contributed by atoms with Crippen LogP contribution in [0.1, 0.15) is 494 Å². The van der Waals surface area contributed by atoms with Gasteiger partial charge in [0.15, 0.2) is 0 Å². The second-order valence-electron chi connectivity index (χ2n) is 19.5. The first-order valence-corrected chi connectivity index (χ1v) is 55.7. The summed E-state index contributed by atoms with van der Waals surface area (Å²) in [5, 5.41) is 7.90. The second kappa shape index (κ2) is 208. The maximum Gasteiger partial charge on any atom is 0.0902 e. The van der Waals surface area contributed by atoms with Gasteiger partial charge in [0.2, 0.25) is 0 Å². The molecule has 6 aromatic carbocycles. The Balaban J connectivity index is -0.0000000381. The Kier molecular flexibility index (Phi) is 308. The summed E-state index contributed by atoms with van der Waals surface area (Å²) in [7, 11) is 0. The van der Waals surface area contributed by atoms with Crippen molar-refractivity contribution < 1.29 is 4.42 Å². The lowest BCUT2D eigenvalue weighted by molar-refractivity contribution is 0.567. The van der Waals surface area contributed by atoms with Crippen molar-refractivity contribution in [2.24, 2.45) is 0 Å². The molecule has 0 unspecified atom stereocenters. The van der Waals surface area contributed by atoms with Crippen LogP contribution in [0.4, 0.5) is 0 Å². The standard InChI is InChI=1S/3C12H18.C10H8.C9H7N.C5H5N.C5H6.C4H4O.C4H4S.28C2H6/c3*1-7-8(2)10(4)12(6)11(5)9(7)3;1-2-6-10-8-4-3-7-9(10)5-1;1-2-6-9-8(4-1)5-3-7-10-9;1-2-4-6-5-3-1;3*1-2-4-5-3-1;28*1-2/h3*1-6H3;1-8H;1-7H;1-5H;1-4H,5H2;2*1-4H;28*1-2H3. The molecule has 11 rings (SSSR count). The molecule has 0 aliphatic heterocycles. The van der Waals surface area contributed by atoms with E-state index in [1.807, 2.05) is 471 Å². The van der Waals surface area contributed by atoms with Crippen molar-refractivity contribution >= 4 is 33.0 Å². The summed E-state index contributed by atoms with van der Waals surface area (Å²) in [6.45, 7) is 152. The van der Waals surface area contributed by atoms with Crippen molar-refractivity contribution in [3.63, 3.8) is 0 Å². The van der Waals surface area contributed by atoms with E-state index in [4.69, 9.17) is 0 Å². The van der Waals surface area contributed by atoms with Gasteiger partial charge in [0.05, 0.1) is 18.0 Å². The number of hydrogen-bond donors (Lipinski definition) is 0. The molecule has 0 spiro atoms. The molecule has 0 amide bonds. The largest absolute Gasteiger partial charge is 0.473 e. The monoisotopic (exact) mass is 1880 g/mol. The van der Waals surface area contributed by atoms with E-state index in [9.17, 15) is 0 Å². The Labute approximate surface area is 854 Å². The number of fused-ring (bicyclic) bond motifs is 2. The van der Waals surface area contributed by atoms with Crippen LogP contribution < -0.4 is 0 Å². The highest BCUT2D eigenvalue weighted by atomic mass is 32.1. The van der Waals surface area contributed by atoms with Gasteiger partial charge in [0.1, 0.15) is 0 Å². The topological polar surface area (TPSA) is 38.9 Å². The number of thiophene rings is 1. The van der Waals surface area contributed by atoms with Crippen LogP contribution in [-0.4, -0.2) is 9.97 Å². The van der Waals surface area contributed by atoms with Gasteiger partial charge in [-0.1, -0.05) is 503 Å². The van der Waals surface area contributed by atoms with E-state index in [0.717, 1.165) is 11.9 Å². The first kappa shape index (κ1) is 197. The predicted molar refractivity (Wildman–Crippen MR) is 658 cm³/mol. The maximum atomic E-state index is 4.58. The van der Waals surface area contributed by atoms with E-state index >= 15 is 0 Å². The highest BCUT2D eigenvalue weighted by molar-refractivity contribution is 7.07. The van der Waals surface area contributed by atoms with Gasteiger partial charge in [-0.2, -0.15) is 11.3 Å². The predicted octanol–water partition coefficient (Wildman–Crippen LogP) is 50.0. The molecule has 0 N–H and O–H groups in total. The molecule has 3 nitrogen and oxygen atoms in total. The minimum atomic E-state index is 1.06. The van der Waals surface area contributed by atoms with Crippen molar-refractivity contribution in [1.29, 1.82) is 0 Å². The van der Waals surface area contributed by atoms with E-state index < -0.39 is 0 Å². The molecule has 133 heavy (non-hydrogen) atoms. The summed E-state index contributed by atoms with van der Waals surface area (Å²) in [6, 6.07) is 42.2. The third kappa shape index (κ3) is 127. The molecule has 794 valence electrons. The number of benzene rings is 6. The Bertz CT molecular complexity index is 2570. The highest BCUT2D eigenvalue weighted by Gasteiger charge is 2.10. The summed E-state index contributed by atoms with van der Waals surface area (Å²) in [5.74, 6) is 0. The number of allylic oxidation sites excluding steroid dienone is 4. The summed E-state index contributed by atoms with van der Waals surface area (Å²) in [4.78, 5) is 7.97. The van der Waals surface area contributed by atoms with Crippen LogP contribution in [0.3, 0.4) is 0 Å². The number of nitrogens with zero attached hydrogens (tertiary/aromatic N) is 2. The normalized spacial score (nSPS) is 7.23. The minimum absolute atomic E-state index is 1.06. The smallest absolute Gasteiger partial charge is 0.0902 e. The van der Waals surface area contributed by atoms with Gasteiger partial charge in [-0.05, 0) is 289 Å². The van der Waals surface area contributed by atoms with Crippen molar-refractivity contribution in [3.05, 3.63) is 294 Å². The number of aromatic nitrogens is 2. The van der Waals surface area contributed by atoms with Gasteiger partial charge in [0.25, 0.3) is 0 Å². The fourth-order valence-corrected chi connectivity index (χ4v) is 8.82. The first-order valence-electron chi connectivity index (χ1n) is 54.8. The first-order chi connectivity index (χ1) is 64.8. The van der Waals surface area contributed by atoms with E-state index in [1.165, 1.54) is 116 Å². The third-order valence-electron chi connectivity index (χ3n) is 15.4. The number of rotatable bonds is 0. The average Bonchev–Trinajstić information content (AvgIpc) is 1.30. The van der Waals surface area contributed by atoms with Crippen molar-refractivity contribution in [1.82, 2.24) is 9.97 Å². The minimum Gasteiger partial charge on any atom is -0.473 e. The zero-order valence-electron chi connectivity index (χ0n) is 106. The van der Waals surface area contributed by atoms with Crippen LogP contribution >= 0.6 is 11.3 Å². The van der Waals surface area contributed by atoms with Gasteiger partial charge in [-0.3, -0.25) is 9.97 Å². The van der Waals surface area contributed by atoms with Crippen molar-refractivity contribution in [2.45, 2.75) is 519 Å². The van der Waals surface area contributed by atoms with E-state index in [-0.39, 0.29) is 0 Å². The van der Waals surface area contributed by atoms with Gasteiger partial charge >= 0.3 is 0 Å². The molecular formula is C129H256N2OS. The van der Waals surface area contributed by atoms with Crippen LogP contribution in [-0.2, 0) is 0 Å². The maximum absolute atomic E-state index is 4.58. The van der Waals surface area contributed by atoms with Crippen LogP contribution in [0.5, 0.6) is 0 Å². The molecule has 0 radical (unpaired) electrons. The zero-order chi connectivity index (χ0) is 113. The molecular weight excluding hydrogens is 1630 g/mol. The number of pyridine rings is 2. The molecule has 4 heteroatoms. The Morgan fingerprint density at radius 1 is 0.180 bits per heavy atom. The molecule has 4 aromatic heterocycles. The highest BCUT2D eigenvalue weighted by Crippen LogP contribution is 2.27. The molecule has 0 fully saturated rings. The van der Waals surface area contributed by atoms with Crippen LogP contribution in [0.2, 0.25) is 0 Å². The molecule has 1 aliphatic carbocycles. The lowest BCUT2D eigenvalue weighted by Gasteiger charge is -2.15. The van der Waals surface area contributed by atoms with Gasteiger partial charge in [-0.15, -0.1) is 0 Å². The van der Waals surface area contributed by atoms with Gasteiger partial charge in [-0.25, -0.2) is 0 Å². The second-order valence-corrected chi connectivity index (χ2v) is 20.3. The molecule has 4 heterocycles. The zero-order valence-corrected chi connectivity index (χ0v) is 107. The number of hydrogen-bond acceptors (Lipinski definition) is 4. The lowest BCUT2D eigenvalue weighted by Crippen LogP contribution is -1.98. The fourth-order valence-electron chi connectivity index (χ4n) is 8.37. The summed E-state index contributed by atoms with van der Waals surface area (Å²) < 4.78 is 4.58. The van der Waals surface area contributed by atoms with Gasteiger partial charge in [0, 0.05) is 24.0 Å². The van der Waals surface area contributed by atoms with Crippen molar-refractivity contribution in [2.75, 3.05) is 0 Å². The summed E-state index contributed by atoms with van der Waals surface area (Å²) in [5.41, 5.74) is 27.2. The van der Waals surface area contributed by atoms with E-state index in [1.54, 1.807) is 36.3 Å². The molecule has 0 atom stereocenters. The fraction of sp³-hybridized carbons (Fsp3) is 0.581. The lowest BCUT2D eigenvalue weighted by atomic mass is 9.90. The molecule has 0 bridgehead atoms. The molecule has 0 saturated carbocycles. The van der Waals surface area contributed by atoms with Gasteiger partial charge < -0.3 is 4.42 Å². The summed E-state index contributed by atoms with van der Waals surface area (Å²) in [6.07, 6.45) is 18.1. The third-order valence-corrected chi connectivity index (χ3v) is 16.0. The number of furan rings is 1. The molecule has 0 saturated heterocycles. The Morgan fingerprint density at radius 2 is 0.353 bits per heavy atom. The van der Waals surface area contributed by atoms with E-state index in [0.29, 0.717) is 0 Å². The van der Waals surface area contributed by atoms with Crippen LogP contribution in [0.25, 0.3) is 21.7 Å². The SMILES string of the molecule is C1=CCC=C1.CC.CC.CC.CC.CC.CC.CC.CC.CC.CC.CC.CC.CC.CC.CC.CC.CC.CC.CC.CC.CC.CC.CC.CC.CC.CC.CC.CC.Cc1c(C)c(C)c(C)c(C)c1C.Cc1c(C)c(C)c(C)c(C)c1C.Cc1c(C)c(C)c(C)c(C)c1C.c1ccc2ccccc2c1.c1ccc2ncccc2c1.c1ccncc1.c1ccoc1.c1ccsc1. The summed E-state index contributed by atoms with van der Waals surface area (Å²) >= 11 is 1.71. The van der Waals surface area contributed by atoms with E-state index in [2.05, 4.69) is 224 Å². The average molecular weight is 1880 g/mol.